The van der Waals surface area contributed by atoms with Crippen LogP contribution in [-0.4, -0.2) is 11.7 Å². The fourth-order valence-electron chi connectivity index (χ4n) is 4.00. The Kier molecular flexibility index (Phi) is 6.34. The predicted molar refractivity (Wildman–Crippen MR) is 115 cm³/mol. The van der Waals surface area contributed by atoms with Crippen molar-refractivity contribution >= 4 is 5.57 Å². The van der Waals surface area contributed by atoms with Gasteiger partial charge < -0.3 is 5.11 Å². The monoisotopic (exact) mass is 352 g/mol. The first kappa shape index (κ1) is 20.7. The van der Waals surface area contributed by atoms with Crippen LogP contribution in [0.1, 0.15) is 82.6 Å². The molecule has 1 aliphatic rings. The van der Waals surface area contributed by atoms with Crippen LogP contribution in [0.5, 0.6) is 0 Å². The summed E-state index contributed by atoms with van der Waals surface area (Å²) >= 11 is 0. The van der Waals surface area contributed by atoms with Crippen LogP contribution in [-0.2, 0) is 10.8 Å². The molecule has 1 N–H and O–H groups in total. The highest BCUT2D eigenvalue weighted by atomic mass is 16.2. The summed E-state index contributed by atoms with van der Waals surface area (Å²) in [6, 6.07) is 4.80. The van der Waals surface area contributed by atoms with Crippen molar-refractivity contribution < 1.29 is 5.11 Å². The van der Waals surface area contributed by atoms with Crippen molar-refractivity contribution in [2.45, 2.75) is 78.1 Å². The summed E-state index contributed by atoms with van der Waals surface area (Å²) in [6.07, 6.45) is 10.5. The normalized spacial score (nSPS) is 18.8. The average molecular weight is 353 g/mol. The summed E-state index contributed by atoms with van der Waals surface area (Å²) in [5.74, 6) is 0. The molecule has 0 amide bonds. The van der Waals surface area contributed by atoms with Gasteiger partial charge in [0.05, 0.1) is 0 Å². The number of aliphatic hydroxyl groups excluding tert-OH is 1. The second kappa shape index (κ2) is 7.96. The highest BCUT2D eigenvalue weighted by Crippen LogP contribution is 2.47. The van der Waals surface area contributed by atoms with E-state index in [0.29, 0.717) is 6.42 Å². The second-order valence-electron chi connectivity index (χ2n) is 8.94. The summed E-state index contributed by atoms with van der Waals surface area (Å²) in [7, 11) is 0. The summed E-state index contributed by atoms with van der Waals surface area (Å²) in [5.41, 5.74) is 8.22. The Morgan fingerprint density at radius 2 is 1.69 bits per heavy atom. The van der Waals surface area contributed by atoms with E-state index in [1.165, 1.54) is 35.1 Å². The van der Waals surface area contributed by atoms with E-state index in [9.17, 15) is 0 Å². The van der Waals surface area contributed by atoms with Crippen molar-refractivity contribution in [3.63, 3.8) is 0 Å². The molecule has 0 unspecified atom stereocenters. The van der Waals surface area contributed by atoms with Crippen molar-refractivity contribution in [1.82, 2.24) is 0 Å². The zero-order valence-electron chi connectivity index (χ0n) is 17.6. The van der Waals surface area contributed by atoms with E-state index >= 15 is 0 Å². The molecule has 2 rings (SSSR count). The zero-order chi connectivity index (χ0) is 19.5. The zero-order valence-corrected chi connectivity index (χ0v) is 17.6. The molecule has 0 radical (unpaired) electrons. The quantitative estimate of drug-likeness (QED) is 0.569. The smallest absolute Gasteiger partial charge is 0.0465 e. The van der Waals surface area contributed by atoms with Crippen molar-refractivity contribution in [2.75, 3.05) is 6.61 Å². The van der Waals surface area contributed by atoms with Crippen LogP contribution in [0.15, 0.2) is 42.5 Å². The Morgan fingerprint density at radius 3 is 2.23 bits per heavy atom. The summed E-state index contributed by atoms with van der Waals surface area (Å²) < 4.78 is 0. The molecule has 0 spiro atoms. The van der Waals surface area contributed by atoms with Gasteiger partial charge in [-0.1, -0.05) is 71.6 Å². The van der Waals surface area contributed by atoms with Crippen LogP contribution in [0.3, 0.4) is 0 Å². The maximum Gasteiger partial charge on any atom is 0.0465 e. The van der Waals surface area contributed by atoms with Gasteiger partial charge in [0.25, 0.3) is 0 Å². The maximum absolute atomic E-state index is 9.05. The van der Waals surface area contributed by atoms with Crippen molar-refractivity contribution in [3.8, 4) is 0 Å². The molecule has 0 atom stereocenters. The number of benzene rings is 1. The van der Waals surface area contributed by atoms with Crippen LogP contribution in [0, 0.1) is 6.92 Å². The van der Waals surface area contributed by atoms with E-state index in [2.05, 4.69) is 72.4 Å². The minimum atomic E-state index is 0.184. The first-order chi connectivity index (χ1) is 12.1. The Morgan fingerprint density at radius 1 is 1.12 bits per heavy atom. The van der Waals surface area contributed by atoms with Crippen LogP contribution in [0.2, 0.25) is 0 Å². The van der Waals surface area contributed by atoms with Gasteiger partial charge in [-0.15, -0.1) is 0 Å². The van der Waals surface area contributed by atoms with Crippen molar-refractivity contribution in [1.29, 1.82) is 0 Å². The molecule has 1 aromatic carbocycles. The number of hydrogen-bond acceptors (Lipinski definition) is 1. The Labute approximate surface area is 160 Å². The molecule has 1 heteroatoms. The topological polar surface area (TPSA) is 20.2 Å². The lowest BCUT2D eigenvalue weighted by Crippen LogP contribution is -2.34. The SMILES string of the molecule is C=C(C(C=CCCO)=CCC)c1cc2c(cc1C)C(C)(C)CCC2(C)C. The second-order valence-corrected chi connectivity index (χ2v) is 8.94. The minimum absolute atomic E-state index is 0.184. The Bertz CT molecular complexity index is 729. The van der Waals surface area contributed by atoms with E-state index in [4.69, 9.17) is 5.11 Å². The average Bonchev–Trinajstić information content (AvgIpc) is 2.57. The van der Waals surface area contributed by atoms with Crippen molar-refractivity contribution in [3.05, 3.63) is 64.8 Å². The first-order valence-corrected chi connectivity index (χ1v) is 9.97. The number of allylic oxidation sites excluding steroid dienone is 4. The van der Waals surface area contributed by atoms with E-state index in [1.54, 1.807) is 0 Å². The molecule has 0 bridgehead atoms. The number of aliphatic hydroxyl groups is 1. The van der Waals surface area contributed by atoms with E-state index in [-0.39, 0.29) is 17.4 Å². The van der Waals surface area contributed by atoms with Gasteiger partial charge >= 0.3 is 0 Å². The molecule has 0 aromatic heterocycles. The van der Waals surface area contributed by atoms with E-state index in [1.807, 2.05) is 6.08 Å². The fraction of sp³-hybridized carbons (Fsp3) is 0.520. The van der Waals surface area contributed by atoms with Crippen LogP contribution >= 0.6 is 0 Å². The van der Waals surface area contributed by atoms with E-state index < -0.39 is 0 Å². The highest BCUT2D eigenvalue weighted by Gasteiger charge is 2.37. The molecule has 142 valence electrons. The molecular weight excluding hydrogens is 316 g/mol. The van der Waals surface area contributed by atoms with Crippen molar-refractivity contribution in [2.24, 2.45) is 0 Å². The van der Waals surface area contributed by atoms with Crippen LogP contribution < -0.4 is 0 Å². The van der Waals surface area contributed by atoms with Gasteiger partial charge in [-0.2, -0.15) is 0 Å². The summed E-state index contributed by atoms with van der Waals surface area (Å²) in [4.78, 5) is 0. The Balaban J connectivity index is 2.54. The molecule has 0 saturated heterocycles. The third-order valence-electron chi connectivity index (χ3n) is 5.89. The lowest BCUT2D eigenvalue weighted by atomic mass is 9.62. The van der Waals surface area contributed by atoms with Crippen LogP contribution in [0.25, 0.3) is 5.57 Å². The molecule has 0 heterocycles. The molecule has 1 nitrogen and oxygen atoms in total. The highest BCUT2D eigenvalue weighted by molar-refractivity contribution is 5.82. The summed E-state index contributed by atoms with van der Waals surface area (Å²) in [5, 5.41) is 9.05. The number of aryl methyl sites for hydroxylation is 1. The number of fused-ring (bicyclic) bond motifs is 1. The fourth-order valence-corrected chi connectivity index (χ4v) is 4.00. The van der Waals surface area contributed by atoms with Gasteiger partial charge in [0.2, 0.25) is 0 Å². The van der Waals surface area contributed by atoms with Gasteiger partial charge in [-0.05, 0) is 76.8 Å². The Hall–Kier alpha value is -1.60. The first-order valence-electron chi connectivity index (χ1n) is 9.97. The van der Waals surface area contributed by atoms with Gasteiger partial charge in [-0.25, -0.2) is 0 Å². The largest absolute Gasteiger partial charge is 0.396 e. The van der Waals surface area contributed by atoms with E-state index in [0.717, 1.165) is 17.6 Å². The molecular formula is C25H36O. The predicted octanol–water partition coefficient (Wildman–Crippen LogP) is 6.63. The standard InChI is InChI=1S/C25H36O/c1-8-11-20(12-9-10-15-26)19(3)21-17-23-22(16-18(21)2)24(4,5)13-14-25(23,6)7/h9,11-12,16-17,26H,3,8,10,13-15H2,1-2,4-7H3. The maximum atomic E-state index is 9.05. The van der Waals surface area contributed by atoms with Crippen LogP contribution in [0.4, 0.5) is 0 Å². The third-order valence-corrected chi connectivity index (χ3v) is 5.89. The molecule has 0 aliphatic heterocycles. The number of hydrogen-bond donors (Lipinski definition) is 1. The van der Waals surface area contributed by atoms with Gasteiger partial charge in [0.1, 0.15) is 0 Å². The molecule has 0 saturated carbocycles. The minimum Gasteiger partial charge on any atom is -0.396 e. The summed E-state index contributed by atoms with van der Waals surface area (Å²) in [6.45, 7) is 18.5. The van der Waals surface area contributed by atoms with Gasteiger partial charge in [0.15, 0.2) is 0 Å². The van der Waals surface area contributed by atoms with Gasteiger partial charge in [-0.3, -0.25) is 0 Å². The third kappa shape index (κ3) is 4.20. The molecule has 1 aromatic rings. The molecule has 26 heavy (non-hydrogen) atoms. The number of rotatable bonds is 6. The lowest BCUT2D eigenvalue weighted by molar-refractivity contribution is 0.302. The molecule has 1 aliphatic carbocycles. The van der Waals surface area contributed by atoms with Gasteiger partial charge in [0, 0.05) is 6.61 Å². The lowest BCUT2D eigenvalue weighted by Gasteiger charge is -2.42. The molecule has 0 fully saturated rings.